The topological polar surface area (TPSA) is 49.4 Å². The number of ketones is 2. The van der Waals surface area contributed by atoms with E-state index in [0.29, 0.717) is 22.3 Å². The molecule has 142 valence electrons. The summed E-state index contributed by atoms with van der Waals surface area (Å²) in [5, 5.41) is 3.47. The molecule has 27 heavy (non-hydrogen) atoms. The van der Waals surface area contributed by atoms with E-state index in [1.165, 1.54) is 0 Å². The van der Waals surface area contributed by atoms with Crippen LogP contribution in [0.3, 0.4) is 0 Å². The summed E-state index contributed by atoms with van der Waals surface area (Å²) in [4.78, 5) is 28.3. The number of hydrogen-bond acceptors (Lipinski definition) is 4. The van der Waals surface area contributed by atoms with Crippen molar-refractivity contribution in [2.45, 2.75) is 39.7 Å². The summed E-state index contributed by atoms with van der Waals surface area (Å²) in [6.45, 7) is 9.71. The van der Waals surface area contributed by atoms with Gasteiger partial charge in [-0.05, 0) is 45.5 Å². The molecule has 4 heteroatoms. The Labute approximate surface area is 161 Å². The van der Waals surface area contributed by atoms with Gasteiger partial charge in [0.1, 0.15) is 0 Å². The zero-order valence-corrected chi connectivity index (χ0v) is 16.4. The van der Waals surface area contributed by atoms with Crippen molar-refractivity contribution in [3.63, 3.8) is 0 Å². The highest BCUT2D eigenvalue weighted by molar-refractivity contribution is 6.30. The van der Waals surface area contributed by atoms with Crippen molar-refractivity contribution in [2.24, 2.45) is 0 Å². The highest BCUT2D eigenvalue weighted by atomic mass is 16.1. The Balaban J connectivity index is 1.77. The quantitative estimate of drug-likeness (QED) is 0.644. The minimum atomic E-state index is -0.0713. The van der Waals surface area contributed by atoms with E-state index in [1.54, 1.807) is 30.3 Å². The van der Waals surface area contributed by atoms with Crippen LogP contribution in [0.1, 0.15) is 65.5 Å². The minimum Gasteiger partial charge on any atom is -0.382 e. The van der Waals surface area contributed by atoms with Gasteiger partial charge in [-0.3, -0.25) is 9.59 Å². The number of fused-ring (bicyclic) bond motifs is 2. The summed E-state index contributed by atoms with van der Waals surface area (Å²) in [5.41, 5.74) is 2.77. The third-order valence-electron chi connectivity index (χ3n) is 5.36. The number of carbonyl (C=O) groups excluding carboxylic acids is 2. The van der Waals surface area contributed by atoms with E-state index in [0.717, 1.165) is 38.2 Å². The Hall–Kier alpha value is -2.46. The first-order chi connectivity index (χ1) is 13.1. The molecule has 1 unspecified atom stereocenters. The fourth-order valence-electron chi connectivity index (χ4n) is 3.76. The van der Waals surface area contributed by atoms with E-state index in [1.807, 2.05) is 12.1 Å². The molecule has 1 atom stereocenters. The minimum absolute atomic E-state index is 0.0707. The standard InChI is InChI=1S/C23H28N2O2/c1-4-25(5-2)15-9-10-16(3)24-20-14-8-13-19-21(20)23(27)18-12-7-6-11-17(18)22(19)26/h6-8,11-14,16,24H,4-5,9-10,15H2,1-3H3. The smallest absolute Gasteiger partial charge is 0.196 e. The van der Waals surface area contributed by atoms with Crippen molar-refractivity contribution in [1.29, 1.82) is 0 Å². The lowest BCUT2D eigenvalue weighted by Gasteiger charge is -2.24. The van der Waals surface area contributed by atoms with Gasteiger partial charge in [-0.25, -0.2) is 0 Å². The summed E-state index contributed by atoms with van der Waals surface area (Å²) in [7, 11) is 0. The molecule has 0 radical (unpaired) electrons. The molecule has 0 aliphatic heterocycles. The molecule has 0 spiro atoms. The van der Waals surface area contributed by atoms with E-state index in [4.69, 9.17) is 0 Å². The van der Waals surface area contributed by atoms with E-state index in [2.05, 4.69) is 31.0 Å². The lowest BCUT2D eigenvalue weighted by Crippen LogP contribution is -2.27. The average Bonchev–Trinajstić information content (AvgIpc) is 2.69. The summed E-state index contributed by atoms with van der Waals surface area (Å²) in [6.07, 6.45) is 2.11. The predicted octanol–water partition coefficient (Wildman–Crippen LogP) is 4.38. The van der Waals surface area contributed by atoms with Crippen LogP contribution in [0.5, 0.6) is 0 Å². The van der Waals surface area contributed by atoms with Crippen molar-refractivity contribution in [1.82, 2.24) is 4.90 Å². The van der Waals surface area contributed by atoms with Crippen LogP contribution in [0.4, 0.5) is 5.69 Å². The van der Waals surface area contributed by atoms with Gasteiger partial charge in [0.15, 0.2) is 11.6 Å². The third-order valence-corrected chi connectivity index (χ3v) is 5.36. The molecule has 0 aromatic heterocycles. The van der Waals surface area contributed by atoms with Crippen molar-refractivity contribution < 1.29 is 9.59 Å². The van der Waals surface area contributed by atoms with E-state index in [9.17, 15) is 9.59 Å². The molecular weight excluding hydrogens is 336 g/mol. The SMILES string of the molecule is CCN(CC)CCCC(C)Nc1cccc2c1C(=O)c1ccccc1C2=O. The predicted molar refractivity (Wildman–Crippen MR) is 110 cm³/mol. The van der Waals surface area contributed by atoms with Crippen molar-refractivity contribution >= 4 is 17.3 Å². The monoisotopic (exact) mass is 364 g/mol. The van der Waals surface area contributed by atoms with Crippen molar-refractivity contribution in [3.05, 3.63) is 64.7 Å². The number of nitrogens with zero attached hydrogens (tertiary/aromatic N) is 1. The van der Waals surface area contributed by atoms with Crippen LogP contribution >= 0.6 is 0 Å². The van der Waals surface area contributed by atoms with Gasteiger partial charge in [-0.2, -0.15) is 0 Å². The summed E-state index contributed by atoms with van der Waals surface area (Å²) in [5.74, 6) is -0.142. The molecule has 1 N–H and O–H groups in total. The van der Waals surface area contributed by atoms with Gasteiger partial charge >= 0.3 is 0 Å². The van der Waals surface area contributed by atoms with E-state index in [-0.39, 0.29) is 17.6 Å². The number of hydrogen-bond donors (Lipinski definition) is 1. The largest absolute Gasteiger partial charge is 0.382 e. The van der Waals surface area contributed by atoms with E-state index >= 15 is 0 Å². The Kier molecular flexibility index (Phi) is 6.07. The van der Waals surface area contributed by atoms with Gasteiger partial charge in [0.25, 0.3) is 0 Å². The molecule has 0 bridgehead atoms. The van der Waals surface area contributed by atoms with Crippen LogP contribution in [0.25, 0.3) is 0 Å². The molecular formula is C23H28N2O2. The Morgan fingerprint density at radius 2 is 1.52 bits per heavy atom. The van der Waals surface area contributed by atoms with Crippen LogP contribution in [-0.4, -0.2) is 42.1 Å². The molecule has 2 aromatic carbocycles. The first kappa shape index (κ1) is 19.3. The molecule has 3 rings (SSSR count). The average molecular weight is 364 g/mol. The highest BCUT2D eigenvalue weighted by Gasteiger charge is 2.31. The van der Waals surface area contributed by atoms with Crippen LogP contribution < -0.4 is 5.32 Å². The number of benzene rings is 2. The molecule has 2 aromatic rings. The number of nitrogens with one attached hydrogen (secondary N) is 1. The first-order valence-corrected chi connectivity index (χ1v) is 9.87. The number of anilines is 1. The third kappa shape index (κ3) is 3.96. The van der Waals surface area contributed by atoms with Crippen molar-refractivity contribution in [3.8, 4) is 0 Å². The van der Waals surface area contributed by atoms with E-state index < -0.39 is 0 Å². The second-order valence-electron chi connectivity index (χ2n) is 7.15. The fraction of sp³-hybridized carbons (Fsp3) is 0.391. The molecule has 0 saturated heterocycles. The van der Waals surface area contributed by atoms with Gasteiger partial charge in [-0.1, -0.05) is 50.2 Å². The van der Waals surface area contributed by atoms with Gasteiger partial charge in [-0.15, -0.1) is 0 Å². The van der Waals surface area contributed by atoms with Gasteiger partial charge < -0.3 is 10.2 Å². The van der Waals surface area contributed by atoms with Crippen LogP contribution in [-0.2, 0) is 0 Å². The summed E-state index contributed by atoms with van der Waals surface area (Å²) < 4.78 is 0. The van der Waals surface area contributed by atoms with Crippen molar-refractivity contribution in [2.75, 3.05) is 25.0 Å². The van der Waals surface area contributed by atoms with Gasteiger partial charge in [0, 0.05) is 28.4 Å². The van der Waals surface area contributed by atoms with Gasteiger partial charge in [0.2, 0.25) is 0 Å². The van der Waals surface area contributed by atoms with Crippen LogP contribution in [0.2, 0.25) is 0 Å². The molecule has 4 nitrogen and oxygen atoms in total. The van der Waals surface area contributed by atoms with Crippen LogP contribution in [0, 0.1) is 0 Å². The Morgan fingerprint density at radius 3 is 2.19 bits per heavy atom. The Bertz CT molecular complexity index is 840. The first-order valence-electron chi connectivity index (χ1n) is 9.87. The number of rotatable bonds is 8. The molecule has 1 aliphatic carbocycles. The maximum absolute atomic E-state index is 13.0. The number of carbonyl (C=O) groups is 2. The highest BCUT2D eigenvalue weighted by Crippen LogP contribution is 2.32. The lowest BCUT2D eigenvalue weighted by molar-refractivity contribution is 0.0979. The second-order valence-corrected chi connectivity index (χ2v) is 7.15. The molecule has 0 amide bonds. The summed E-state index contributed by atoms with van der Waals surface area (Å²) in [6, 6.07) is 12.8. The molecule has 0 heterocycles. The lowest BCUT2D eigenvalue weighted by atomic mass is 9.83. The van der Waals surface area contributed by atoms with Crippen LogP contribution in [0.15, 0.2) is 42.5 Å². The second kappa shape index (κ2) is 8.49. The normalized spacial score (nSPS) is 14.1. The van der Waals surface area contributed by atoms with Gasteiger partial charge in [0.05, 0.1) is 5.56 Å². The molecule has 1 aliphatic rings. The zero-order valence-electron chi connectivity index (χ0n) is 16.4. The molecule has 0 fully saturated rings. The zero-order chi connectivity index (χ0) is 19.4. The molecule has 0 saturated carbocycles. The summed E-state index contributed by atoms with van der Waals surface area (Å²) >= 11 is 0. The fourth-order valence-corrected chi connectivity index (χ4v) is 3.76. The maximum atomic E-state index is 13.0. The maximum Gasteiger partial charge on any atom is 0.196 e. The Morgan fingerprint density at radius 1 is 0.889 bits per heavy atom.